The Kier molecular flexibility index (Phi) is 4.51. The summed E-state index contributed by atoms with van der Waals surface area (Å²) in [6.45, 7) is 4.37. The zero-order valence-electron chi connectivity index (χ0n) is 9.86. The van der Waals surface area contributed by atoms with Crippen LogP contribution in [0.5, 0.6) is 0 Å². The summed E-state index contributed by atoms with van der Waals surface area (Å²) in [7, 11) is 1.74. The van der Waals surface area contributed by atoms with E-state index in [-0.39, 0.29) is 11.8 Å². The SMILES string of the molecule is CCc1ccc(C(=O)N(C)CC(C)C#N)s1. The van der Waals surface area contributed by atoms with E-state index in [0.717, 1.165) is 11.3 Å². The zero-order valence-corrected chi connectivity index (χ0v) is 10.7. The number of hydrogen-bond acceptors (Lipinski definition) is 3. The van der Waals surface area contributed by atoms with Crippen LogP contribution in [0.4, 0.5) is 0 Å². The van der Waals surface area contributed by atoms with Crippen molar-refractivity contribution in [3.05, 3.63) is 21.9 Å². The Morgan fingerprint density at radius 2 is 2.31 bits per heavy atom. The molecule has 0 aliphatic heterocycles. The highest BCUT2D eigenvalue weighted by Gasteiger charge is 2.15. The van der Waals surface area contributed by atoms with Gasteiger partial charge >= 0.3 is 0 Å². The van der Waals surface area contributed by atoms with Gasteiger partial charge in [-0.2, -0.15) is 5.26 Å². The molecule has 1 rings (SSSR count). The first-order valence-corrected chi connectivity index (χ1v) is 6.14. The molecule has 1 aromatic rings. The van der Waals surface area contributed by atoms with Crippen LogP contribution >= 0.6 is 11.3 Å². The number of carbonyl (C=O) groups excluding carboxylic acids is 1. The van der Waals surface area contributed by atoms with Crippen LogP contribution in [0.15, 0.2) is 12.1 Å². The normalized spacial score (nSPS) is 11.9. The Morgan fingerprint density at radius 1 is 1.62 bits per heavy atom. The molecule has 0 saturated carbocycles. The first kappa shape index (κ1) is 12.7. The molecule has 16 heavy (non-hydrogen) atoms. The zero-order chi connectivity index (χ0) is 12.1. The van der Waals surface area contributed by atoms with Crippen LogP contribution in [0.3, 0.4) is 0 Å². The predicted octanol–water partition coefficient (Wildman–Crippen LogP) is 2.54. The standard InChI is InChI=1S/C12H16N2OS/c1-4-10-5-6-11(16-10)12(15)14(3)8-9(2)7-13/h5-6,9H,4,8H2,1-3H3. The van der Waals surface area contributed by atoms with E-state index in [4.69, 9.17) is 5.26 Å². The van der Waals surface area contributed by atoms with Crippen LogP contribution in [0.25, 0.3) is 0 Å². The largest absolute Gasteiger partial charge is 0.340 e. The highest BCUT2D eigenvalue weighted by Crippen LogP contribution is 2.18. The monoisotopic (exact) mass is 236 g/mol. The van der Waals surface area contributed by atoms with E-state index < -0.39 is 0 Å². The highest BCUT2D eigenvalue weighted by atomic mass is 32.1. The third-order valence-corrected chi connectivity index (χ3v) is 3.55. The summed E-state index contributed by atoms with van der Waals surface area (Å²) < 4.78 is 0. The molecule has 0 spiro atoms. The quantitative estimate of drug-likeness (QED) is 0.806. The molecule has 0 saturated heterocycles. The van der Waals surface area contributed by atoms with Crippen LogP contribution < -0.4 is 0 Å². The average Bonchev–Trinajstić information content (AvgIpc) is 2.76. The Morgan fingerprint density at radius 3 is 2.81 bits per heavy atom. The van der Waals surface area contributed by atoms with E-state index in [0.29, 0.717) is 6.54 Å². The van der Waals surface area contributed by atoms with Gasteiger partial charge in [-0.05, 0) is 25.5 Å². The molecule has 0 radical (unpaired) electrons. The Balaban J connectivity index is 2.67. The molecule has 3 nitrogen and oxygen atoms in total. The molecule has 1 heterocycles. The van der Waals surface area contributed by atoms with E-state index in [9.17, 15) is 4.79 Å². The fraction of sp³-hybridized carbons (Fsp3) is 0.500. The molecule has 1 amide bonds. The second-order valence-corrected chi connectivity index (χ2v) is 5.00. The molecule has 1 aromatic heterocycles. The van der Waals surface area contributed by atoms with Gasteiger partial charge in [-0.15, -0.1) is 11.3 Å². The van der Waals surface area contributed by atoms with E-state index in [2.05, 4.69) is 13.0 Å². The lowest BCUT2D eigenvalue weighted by Crippen LogP contribution is -2.30. The van der Waals surface area contributed by atoms with Gasteiger partial charge in [0.1, 0.15) is 0 Å². The summed E-state index contributed by atoms with van der Waals surface area (Å²) in [6, 6.07) is 5.97. The maximum absolute atomic E-state index is 12.0. The van der Waals surface area contributed by atoms with Crippen molar-refractivity contribution < 1.29 is 4.79 Å². The Hall–Kier alpha value is -1.34. The fourth-order valence-corrected chi connectivity index (χ4v) is 2.35. The molecule has 0 aliphatic carbocycles. The van der Waals surface area contributed by atoms with Crippen molar-refractivity contribution in [2.24, 2.45) is 5.92 Å². The van der Waals surface area contributed by atoms with Crippen molar-refractivity contribution in [1.82, 2.24) is 4.90 Å². The van der Waals surface area contributed by atoms with Gasteiger partial charge in [0.25, 0.3) is 5.91 Å². The molecular weight excluding hydrogens is 220 g/mol. The van der Waals surface area contributed by atoms with E-state index in [1.165, 1.54) is 16.2 Å². The van der Waals surface area contributed by atoms with Crippen LogP contribution in [0.2, 0.25) is 0 Å². The van der Waals surface area contributed by atoms with Crippen molar-refractivity contribution in [3.8, 4) is 6.07 Å². The summed E-state index contributed by atoms with van der Waals surface area (Å²) in [4.78, 5) is 15.5. The minimum Gasteiger partial charge on any atom is -0.340 e. The lowest BCUT2D eigenvalue weighted by atomic mass is 10.2. The average molecular weight is 236 g/mol. The van der Waals surface area contributed by atoms with E-state index in [1.807, 2.05) is 19.1 Å². The van der Waals surface area contributed by atoms with Gasteiger partial charge in [0.2, 0.25) is 0 Å². The summed E-state index contributed by atoms with van der Waals surface area (Å²) in [6.07, 6.45) is 0.955. The molecule has 0 bridgehead atoms. The highest BCUT2D eigenvalue weighted by molar-refractivity contribution is 7.14. The summed E-state index contributed by atoms with van der Waals surface area (Å²) in [5.41, 5.74) is 0. The fourth-order valence-electron chi connectivity index (χ4n) is 1.41. The smallest absolute Gasteiger partial charge is 0.263 e. The number of nitrogens with zero attached hydrogens (tertiary/aromatic N) is 2. The van der Waals surface area contributed by atoms with Crippen LogP contribution in [0.1, 0.15) is 28.4 Å². The summed E-state index contributed by atoms with van der Waals surface area (Å²) >= 11 is 1.53. The predicted molar refractivity (Wildman–Crippen MR) is 65.4 cm³/mol. The lowest BCUT2D eigenvalue weighted by Gasteiger charge is -2.17. The van der Waals surface area contributed by atoms with Crippen LogP contribution in [0, 0.1) is 17.2 Å². The third kappa shape index (κ3) is 3.07. The minimum absolute atomic E-state index is 0.00630. The number of carbonyl (C=O) groups is 1. The second-order valence-electron chi connectivity index (χ2n) is 3.84. The van der Waals surface area contributed by atoms with Gasteiger partial charge in [0.15, 0.2) is 0 Å². The topological polar surface area (TPSA) is 44.1 Å². The minimum atomic E-state index is -0.125. The molecule has 0 aromatic carbocycles. The van der Waals surface area contributed by atoms with Crippen molar-refractivity contribution in [3.63, 3.8) is 0 Å². The van der Waals surface area contributed by atoms with Gasteiger partial charge in [-0.1, -0.05) is 6.92 Å². The number of aryl methyl sites for hydroxylation is 1. The van der Waals surface area contributed by atoms with Gasteiger partial charge in [0, 0.05) is 18.5 Å². The third-order valence-electron chi connectivity index (χ3n) is 2.34. The molecule has 0 fully saturated rings. The number of thiophene rings is 1. The molecule has 86 valence electrons. The molecule has 0 aliphatic rings. The number of nitriles is 1. The van der Waals surface area contributed by atoms with Gasteiger partial charge in [-0.3, -0.25) is 4.79 Å². The number of hydrogen-bond donors (Lipinski definition) is 0. The van der Waals surface area contributed by atoms with E-state index in [1.54, 1.807) is 11.9 Å². The number of amides is 1. The van der Waals surface area contributed by atoms with Crippen molar-refractivity contribution in [1.29, 1.82) is 5.26 Å². The van der Waals surface area contributed by atoms with Crippen LogP contribution in [-0.2, 0) is 6.42 Å². The van der Waals surface area contributed by atoms with Crippen molar-refractivity contribution in [2.75, 3.05) is 13.6 Å². The molecule has 1 unspecified atom stereocenters. The van der Waals surface area contributed by atoms with Crippen molar-refractivity contribution >= 4 is 17.2 Å². The number of rotatable bonds is 4. The van der Waals surface area contributed by atoms with E-state index >= 15 is 0 Å². The molecule has 1 atom stereocenters. The van der Waals surface area contributed by atoms with Crippen LogP contribution in [-0.4, -0.2) is 24.4 Å². The Labute approximate surface area is 100 Å². The van der Waals surface area contributed by atoms with Gasteiger partial charge in [0.05, 0.1) is 16.9 Å². The molecule has 0 N–H and O–H groups in total. The maximum Gasteiger partial charge on any atom is 0.263 e. The molecule has 4 heteroatoms. The first-order chi connectivity index (χ1) is 7.58. The van der Waals surface area contributed by atoms with Gasteiger partial charge < -0.3 is 4.90 Å². The maximum atomic E-state index is 12.0. The molecular formula is C12H16N2OS. The summed E-state index contributed by atoms with van der Waals surface area (Å²) in [5.74, 6) is -0.119. The Bertz CT molecular complexity index is 405. The first-order valence-electron chi connectivity index (χ1n) is 5.32. The van der Waals surface area contributed by atoms with Gasteiger partial charge in [-0.25, -0.2) is 0 Å². The lowest BCUT2D eigenvalue weighted by molar-refractivity contribution is 0.0790. The summed E-state index contributed by atoms with van der Waals surface area (Å²) in [5, 5.41) is 8.69. The second kappa shape index (κ2) is 5.66. The van der Waals surface area contributed by atoms with Crippen molar-refractivity contribution in [2.45, 2.75) is 20.3 Å².